The van der Waals surface area contributed by atoms with Crippen LogP contribution in [0.2, 0.25) is 0 Å². The van der Waals surface area contributed by atoms with E-state index < -0.39 is 0 Å². The van der Waals surface area contributed by atoms with E-state index in [1.807, 2.05) is 48.5 Å². The number of methoxy groups -OCH3 is 2. The fourth-order valence-electron chi connectivity index (χ4n) is 2.23. The monoisotopic (exact) mass is 287 g/mol. The summed E-state index contributed by atoms with van der Waals surface area (Å²) in [5.74, 6) is 1.58. The van der Waals surface area contributed by atoms with E-state index in [9.17, 15) is 5.11 Å². The molecule has 0 aliphatic heterocycles. The van der Waals surface area contributed by atoms with E-state index in [1.165, 1.54) is 0 Å². The molecule has 0 amide bonds. The van der Waals surface area contributed by atoms with E-state index in [-0.39, 0.29) is 12.6 Å². The predicted octanol–water partition coefficient (Wildman–Crippen LogP) is 2.53. The van der Waals surface area contributed by atoms with Crippen molar-refractivity contribution in [2.75, 3.05) is 20.8 Å². The van der Waals surface area contributed by atoms with Crippen molar-refractivity contribution in [3.8, 4) is 11.5 Å². The highest BCUT2D eigenvalue weighted by Crippen LogP contribution is 2.24. The fraction of sp³-hybridized carbons (Fsp3) is 0.294. The van der Waals surface area contributed by atoms with Crippen LogP contribution in [0.4, 0.5) is 0 Å². The molecule has 0 spiro atoms. The first-order valence-corrected chi connectivity index (χ1v) is 6.88. The Labute approximate surface area is 125 Å². The summed E-state index contributed by atoms with van der Waals surface area (Å²) in [5.41, 5.74) is 2.05. The summed E-state index contributed by atoms with van der Waals surface area (Å²) in [6.45, 7) is 0.622. The lowest BCUT2D eigenvalue weighted by molar-refractivity contribution is 0.243. The van der Waals surface area contributed by atoms with Gasteiger partial charge in [-0.25, -0.2) is 0 Å². The molecule has 21 heavy (non-hydrogen) atoms. The van der Waals surface area contributed by atoms with Crippen LogP contribution in [0.15, 0.2) is 48.5 Å². The highest BCUT2D eigenvalue weighted by molar-refractivity contribution is 5.40. The molecule has 0 aromatic heterocycles. The lowest BCUT2D eigenvalue weighted by atomic mass is 10.1. The number of nitrogens with one attached hydrogen (secondary N) is 1. The van der Waals surface area contributed by atoms with Crippen molar-refractivity contribution in [3.05, 3.63) is 59.7 Å². The maximum absolute atomic E-state index is 9.57. The second-order valence-corrected chi connectivity index (χ2v) is 4.70. The molecule has 0 aliphatic rings. The van der Waals surface area contributed by atoms with Gasteiger partial charge in [0.2, 0.25) is 0 Å². The van der Waals surface area contributed by atoms with Gasteiger partial charge in [-0.3, -0.25) is 0 Å². The summed E-state index contributed by atoms with van der Waals surface area (Å²) < 4.78 is 10.6. The third-order valence-corrected chi connectivity index (χ3v) is 3.41. The minimum atomic E-state index is -0.109. The minimum absolute atomic E-state index is 0.0380. The second kappa shape index (κ2) is 7.67. The predicted molar refractivity (Wildman–Crippen MR) is 82.7 cm³/mol. The number of hydrogen-bond acceptors (Lipinski definition) is 4. The van der Waals surface area contributed by atoms with Gasteiger partial charge in [0.25, 0.3) is 0 Å². The molecule has 0 saturated carbocycles. The molecule has 4 nitrogen and oxygen atoms in total. The van der Waals surface area contributed by atoms with Gasteiger partial charge in [0.15, 0.2) is 0 Å². The third kappa shape index (κ3) is 3.97. The maximum atomic E-state index is 9.57. The number of hydrogen-bond donors (Lipinski definition) is 2. The molecule has 112 valence electrons. The van der Waals surface area contributed by atoms with Crippen molar-refractivity contribution in [1.82, 2.24) is 5.32 Å². The van der Waals surface area contributed by atoms with Gasteiger partial charge in [-0.15, -0.1) is 0 Å². The maximum Gasteiger partial charge on any atom is 0.123 e. The van der Waals surface area contributed by atoms with E-state index in [2.05, 4.69) is 5.32 Å². The van der Waals surface area contributed by atoms with Gasteiger partial charge in [-0.1, -0.05) is 30.3 Å². The number of benzene rings is 2. The van der Waals surface area contributed by atoms with E-state index in [4.69, 9.17) is 9.47 Å². The smallest absolute Gasteiger partial charge is 0.123 e. The molecular weight excluding hydrogens is 266 g/mol. The number of aliphatic hydroxyl groups excluding tert-OH is 1. The van der Waals surface area contributed by atoms with Gasteiger partial charge in [0, 0.05) is 12.1 Å². The normalized spacial score (nSPS) is 12.0. The van der Waals surface area contributed by atoms with Crippen molar-refractivity contribution >= 4 is 0 Å². The van der Waals surface area contributed by atoms with Crippen LogP contribution in [0.3, 0.4) is 0 Å². The molecule has 4 heteroatoms. The van der Waals surface area contributed by atoms with E-state index in [0.29, 0.717) is 6.54 Å². The average Bonchev–Trinajstić information content (AvgIpc) is 2.56. The van der Waals surface area contributed by atoms with Gasteiger partial charge in [-0.2, -0.15) is 0 Å². The lowest BCUT2D eigenvalue weighted by Gasteiger charge is -2.18. The van der Waals surface area contributed by atoms with Crippen LogP contribution in [0.25, 0.3) is 0 Å². The average molecular weight is 287 g/mol. The van der Waals surface area contributed by atoms with Crippen molar-refractivity contribution in [3.63, 3.8) is 0 Å². The second-order valence-electron chi connectivity index (χ2n) is 4.70. The van der Waals surface area contributed by atoms with Crippen molar-refractivity contribution in [2.45, 2.75) is 12.6 Å². The van der Waals surface area contributed by atoms with E-state index >= 15 is 0 Å². The Morgan fingerprint density at radius 2 is 1.81 bits per heavy atom. The third-order valence-electron chi connectivity index (χ3n) is 3.41. The number of ether oxygens (including phenoxy) is 2. The molecule has 0 radical (unpaired) electrons. The Balaban J connectivity index is 2.11. The van der Waals surface area contributed by atoms with Crippen LogP contribution in [-0.2, 0) is 6.54 Å². The Hall–Kier alpha value is -2.04. The minimum Gasteiger partial charge on any atom is -0.497 e. The van der Waals surface area contributed by atoms with Gasteiger partial charge >= 0.3 is 0 Å². The lowest BCUT2D eigenvalue weighted by Crippen LogP contribution is -2.24. The standard InChI is InChI=1S/C17H21NO3/c1-20-15-8-9-17(21-2)14(10-15)11-18-16(12-19)13-6-4-3-5-7-13/h3-10,16,18-19H,11-12H2,1-2H3/t16-/m0/s1. The number of rotatable bonds is 7. The molecule has 2 rings (SSSR count). The number of aliphatic hydroxyl groups is 1. The molecule has 0 bridgehead atoms. The summed E-state index contributed by atoms with van der Waals surface area (Å²) in [5, 5.41) is 12.9. The summed E-state index contributed by atoms with van der Waals surface area (Å²) in [4.78, 5) is 0. The Kier molecular flexibility index (Phi) is 5.60. The van der Waals surface area contributed by atoms with Crippen molar-refractivity contribution in [2.24, 2.45) is 0 Å². The zero-order valence-electron chi connectivity index (χ0n) is 12.4. The van der Waals surface area contributed by atoms with Crippen LogP contribution >= 0.6 is 0 Å². The molecular formula is C17H21NO3. The summed E-state index contributed by atoms with van der Waals surface area (Å²) >= 11 is 0. The van der Waals surface area contributed by atoms with Crippen LogP contribution in [-0.4, -0.2) is 25.9 Å². The van der Waals surface area contributed by atoms with Crippen LogP contribution in [0, 0.1) is 0 Å². The molecule has 0 saturated heterocycles. The molecule has 2 N–H and O–H groups in total. The quantitative estimate of drug-likeness (QED) is 0.821. The van der Waals surface area contributed by atoms with Gasteiger partial charge in [0.1, 0.15) is 11.5 Å². The van der Waals surface area contributed by atoms with E-state index in [1.54, 1.807) is 14.2 Å². The first-order valence-electron chi connectivity index (χ1n) is 6.88. The fourth-order valence-corrected chi connectivity index (χ4v) is 2.23. The molecule has 0 heterocycles. The van der Waals surface area contributed by atoms with Crippen LogP contribution in [0.1, 0.15) is 17.2 Å². The van der Waals surface area contributed by atoms with E-state index in [0.717, 1.165) is 22.6 Å². The largest absolute Gasteiger partial charge is 0.497 e. The summed E-state index contributed by atoms with van der Waals surface area (Å²) in [6, 6.07) is 15.5. The first kappa shape index (κ1) is 15.4. The van der Waals surface area contributed by atoms with Crippen LogP contribution < -0.4 is 14.8 Å². The van der Waals surface area contributed by atoms with Gasteiger partial charge in [-0.05, 0) is 23.8 Å². The highest BCUT2D eigenvalue weighted by atomic mass is 16.5. The molecule has 0 aliphatic carbocycles. The Bertz CT molecular complexity index is 557. The zero-order valence-corrected chi connectivity index (χ0v) is 12.4. The zero-order chi connectivity index (χ0) is 15.1. The van der Waals surface area contributed by atoms with Crippen molar-refractivity contribution in [1.29, 1.82) is 0 Å². The Morgan fingerprint density at radius 3 is 2.43 bits per heavy atom. The SMILES string of the molecule is COc1ccc(OC)c(CN[C@@H](CO)c2ccccc2)c1. The molecule has 2 aromatic rings. The first-order chi connectivity index (χ1) is 10.3. The molecule has 2 aromatic carbocycles. The summed E-state index contributed by atoms with van der Waals surface area (Å²) in [6.07, 6.45) is 0. The van der Waals surface area contributed by atoms with Gasteiger partial charge < -0.3 is 19.9 Å². The van der Waals surface area contributed by atoms with Crippen LogP contribution in [0.5, 0.6) is 11.5 Å². The topological polar surface area (TPSA) is 50.7 Å². The Morgan fingerprint density at radius 1 is 1.05 bits per heavy atom. The highest BCUT2D eigenvalue weighted by Gasteiger charge is 2.11. The molecule has 0 fully saturated rings. The van der Waals surface area contributed by atoms with Gasteiger partial charge in [0.05, 0.1) is 26.9 Å². The summed E-state index contributed by atoms with van der Waals surface area (Å²) in [7, 11) is 3.28. The van der Waals surface area contributed by atoms with Crippen molar-refractivity contribution < 1.29 is 14.6 Å². The molecule has 0 unspecified atom stereocenters. The molecule has 1 atom stereocenters.